The maximum atomic E-state index is 13.4. The molecule has 11 nitrogen and oxygen atoms in total. The molecule has 5 rings (SSSR count). The second-order valence-electron chi connectivity index (χ2n) is 10.0. The van der Waals surface area contributed by atoms with Crippen molar-refractivity contribution in [1.29, 1.82) is 10.5 Å². The molecule has 0 spiro atoms. The Balaban J connectivity index is 1.32. The molecule has 2 fully saturated rings. The van der Waals surface area contributed by atoms with Crippen LogP contribution in [0.3, 0.4) is 0 Å². The van der Waals surface area contributed by atoms with Crippen LogP contribution < -0.4 is 24.8 Å². The van der Waals surface area contributed by atoms with E-state index < -0.39 is 17.1 Å². The average molecular weight is 610 g/mol. The summed E-state index contributed by atoms with van der Waals surface area (Å²) in [5.74, 6) is 0.211. The number of aromatic nitrogens is 1. The predicted octanol–water partition coefficient (Wildman–Crippen LogP) is 4.63. The number of rotatable bonds is 10. The summed E-state index contributed by atoms with van der Waals surface area (Å²) >= 11 is 1.00. The molecular formula is C32H27N5O6S. The summed E-state index contributed by atoms with van der Waals surface area (Å²) in [5, 5.41) is 18.9. The Morgan fingerprint density at radius 2 is 1.66 bits per heavy atom. The Bertz CT molecular complexity index is 1760. The number of hydrogen-bond donors (Lipinski definition) is 1. The van der Waals surface area contributed by atoms with E-state index >= 15 is 0 Å². The Morgan fingerprint density at radius 1 is 1.02 bits per heavy atom. The molecule has 1 atom stereocenters. The number of carbonyl (C=O) groups is 3. The van der Waals surface area contributed by atoms with Crippen LogP contribution in [0.4, 0.5) is 11.5 Å². The van der Waals surface area contributed by atoms with Gasteiger partial charge in [0.15, 0.2) is 17.3 Å². The second kappa shape index (κ2) is 12.5. The molecule has 1 saturated carbocycles. The minimum absolute atomic E-state index is 0.00380. The highest BCUT2D eigenvalue weighted by atomic mass is 32.2. The Kier molecular flexibility index (Phi) is 8.56. The van der Waals surface area contributed by atoms with Gasteiger partial charge in [0.05, 0.1) is 43.4 Å². The number of ketones is 1. The van der Waals surface area contributed by atoms with Crippen LogP contribution >= 0.6 is 11.8 Å². The smallest absolute Gasteiger partial charge is 0.247 e. The zero-order valence-electron chi connectivity index (χ0n) is 24.1. The molecule has 0 bridgehead atoms. The third-order valence-corrected chi connectivity index (χ3v) is 8.49. The van der Waals surface area contributed by atoms with Gasteiger partial charge in [-0.05, 0) is 72.4 Å². The SMILES string of the molecule is COc1cc(/C=C/C(=O)c2ccc(N3C(=O)CC(Sc4nc(N)c(C#N)c(C5CC5)c4C#N)C3=O)cc2)cc(OC)c1OC. The summed E-state index contributed by atoms with van der Waals surface area (Å²) in [6.07, 6.45) is 4.58. The fraction of sp³-hybridized carbons (Fsp3) is 0.250. The van der Waals surface area contributed by atoms with E-state index in [-0.39, 0.29) is 40.1 Å². The molecule has 1 saturated heterocycles. The van der Waals surface area contributed by atoms with Crippen LogP contribution in [0.2, 0.25) is 0 Å². The zero-order valence-corrected chi connectivity index (χ0v) is 24.9. The van der Waals surface area contributed by atoms with E-state index in [2.05, 4.69) is 11.1 Å². The largest absolute Gasteiger partial charge is 0.493 e. The number of anilines is 2. The lowest BCUT2D eigenvalue weighted by molar-refractivity contribution is -0.121. The number of hydrogen-bond acceptors (Lipinski definition) is 11. The van der Waals surface area contributed by atoms with Crippen LogP contribution in [0.1, 0.15) is 57.8 Å². The number of methoxy groups -OCH3 is 3. The molecule has 44 heavy (non-hydrogen) atoms. The number of nitrogen functional groups attached to an aromatic ring is 1. The van der Waals surface area contributed by atoms with E-state index in [9.17, 15) is 24.9 Å². The molecule has 2 aliphatic rings. The van der Waals surface area contributed by atoms with E-state index in [0.717, 1.165) is 29.5 Å². The number of nitriles is 2. The number of nitrogens with zero attached hydrogens (tertiary/aromatic N) is 4. The van der Waals surface area contributed by atoms with Crippen molar-refractivity contribution < 1.29 is 28.6 Å². The van der Waals surface area contributed by atoms with E-state index in [1.54, 1.807) is 18.2 Å². The van der Waals surface area contributed by atoms with Crippen LogP contribution in [0.5, 0.6) is 17.2 Å². The van der Waals surface area contributed by atoms with E-state index in [4.69, 9.17) is 19.9 Å². The zero-order chi connectivity index (χ0) is 31.5. The second-order valence-corrected chi connectivity index (χ2v) is 11.2. The van der Waals surface area contributed by atoms with Crippen molar-refractivity contribution in [2.45, 2.75) is 35.5 Å². The highest BCUT2D eigenvalue weighted by molar-refractivity contribution is 8.00. The topological polar surface area (TPSA) is 169 Å². The number of benzene rings is 2. The number of imide groups is 1. The van der Waals surface area contributed by atoms with Gasteiger partial charge < -0.3 is 19.9 Å². The average Bonchev–Trinajstić information content (AvgIpc) is 3.84. The molecule has 1 aliphatic heterocycles. The molecular weight excluding hydrogens is 582 g/mol. The number of allylic oxidation sites excluding steroid dienone is 1. The van der Waals surface area contributed by atoms with Gasteiger partial charge in [-0.2, -0.15) is 10.5 Å². The summed E-state index contributed by atoms with van der Waals surface area (Å²) in [7, 11) is 4.51. The molecule has 1 aliphatic carbocycles. The lowest BCUT2D eigenvalue weighted by Gasteiger charge is -2.16. The number of ether oxygens (including phenoxy) is 3. The van der Waals surface area contributed by atoms with Gasteiger partial charge >= 0.3 is 0 Å². The van der Waals surface area contributed by atoms with Crippen LogP contribution in [0.15, 0.2) is 47.5 Å². The number of carbonyl (C=O) groups excluding carboxylic acids is 3. The first kappa shape index (κ1) is 30.1. The summed E-state index contributed by atoms with van der Waals surface area (Å²) < 4.78 is 16.0. The fourth-order valence-electron chi connectivity index (χ4n) is 5.03. The van der Waals surface area contributed by atoms with Gasteiger partial charge in [-0.25, -0.2) is 9.88 Å². The first-order chi connectivity index (χ1) is 21.2. The monoisotopic (exact) mass is 609 g/mol. The van der Waals surface area contributed by atoms with E-state index in [1.807, 2.05) is 6.07 Å². The standard InChI is InChI=1S/C32H27N5O6S/c1-41-24-12-17(13-25(42-2)29(24)43-3)4-11-23(38)18-7-9-20(10-8-18)37-27(39)14-26(32(37)40)44-31-22(16-34)28(19-5-6-19)21(15-33)30(35)36-31/h4,7-13,19,26H,5-6,14H2,1-3H3,(H2,35,36)/b11-4+. The van der Waals surface area contributed by atoms with Crippen molar-refractivity contribution in [1.82, 2.24) is 4.98 Å². The first-order valence-electron chi connectivity index (χ1n) is 13.5. The molecule has 1 aromatic heterocycles. The summed E-state index contributed by atoms with van der Waals surface area (Å²) in [6, 6.07) is 13.7. The van der Waals surface area contributed by atoms with Crippen molar-refractivity contribution in [2.75, 3.05) is 32.0 Å². The van der Waals surface area contributed by atoms with Crippen molar-refractivity contribution in [3.63, 3.8) is 0 Å². The van der Waals surface area contributed by atoms with Gasteiger partial charge in [-0.1, -0.05) is 17.8 Å². The predicted molar refractivity (Wildman–Crippen MR) is 163 cm³/mol. The lowest BCUT2D eigenvalue weighted by atomic mass is 10.0. The van der Waals surface area contributed by atoms with Gasteiger partial charge in [0.25, 0.3) is 0 Å². The number of nitrogens with two attached hydrogens (primary N) is 1. The van der Waals surface area contributed by atoms with Crippen LogP contribution in [0.25, 0.3) is 6.08 Å². The van der Waals surface area contributed by atoms with Crippen LogP contribution in [-0.2, 0) is 9.59 Å². The molecule has 222 valence electrons. The van der Waals surface area contributed by atoms with Crippen molar-refractivity contribution >= 4 is 46.9 Å². The van der Waals surface area contributed by atoms with Crippen LogP contribution in [-0.4, -0.2) is 49.2 Å². The van der Waals surface area contributed by atoms with Gasteiger partial charge in [-0.3, -0.25) is 14.4 Å². The third-order valence-electron chi connectivity index (χ3n) is 7.32. The number of amides is 2. The Morgan fingerprint density at radius 3 is 2.20 bits per heavy atom. The Labute approximate surface area is 257 Å². The number of pyridine rings is 1. The highest BCUT2D eigenvalue weighted by Crippen LogP contribution is 2.47. The molecule has 0 radical (unpaired) electrons. The summed E-state index contributed by atoms with van der Waals surface area (Å²) in [4.78, 5) is 44.5. The first-order valence-corrected chi connectivity index (χ1v) is 14.4. The van der Waals surface area contributed by atoms with Gasteiger partial charge in [0, 0.05) is 12.0 Å². The van der Waals surface area contributed by atoms with Gasteiger partial charge in [0.1, 0.15) is 23.0 Å². The molecule has 2 N–H and O–H groups in total. The number of thioether (sulfide) groups is 1. The van der Waals surface area contributed by atoms with Crippen molar-refractivity contribution in [3.8, 4) is 29.4 Å². The third kappa shape index (κ3) is 5.68. The lowest BCUT2D eigenvalue weighted by Crippen LogP contribution is -2.31. The minimum Gasteiger partial charge on any atom is -0.493 e. The normalized spacial score (nSPS) is 16.1. The summed E-state index contributed by atoms with van der Waals surface area (Å²) in [5.41, 5.74) is 8.35. The molecule has 12 heteroatoms. The minimum atomic E-state index is -0.829. The molecule has 2 amide bonds. The van der Waals surface area contributed by atoms with Crippen molar-refractivity contribution in [2.24, 2.45) is 0 Å². The van der Waals surface area contributed by atoms with Crippen molar-refractivity contribution in [3.05, 3.63) is 70.3 Å². The maximum Gasteiger partial charge on any atom is 0.247 e. The molecule has 3 aromatic rings. The highest BCUT2D eigenvalue weighted by Gasteiger charge is 2.42. The fourth-order valence-corrected chi connectivity index (χ4v) is 6.16. The molecule has 2 aromatic carbocycles. The van der Waals surface area contributed by atoms with Crippen LogP contribution in [0, 0.1) is 22.7 Å². The van der Waals surface area contributed by atoms with Gasteiger partial charge in [-0.15, -0.1) is 0 Å². The molecule has 1 unspecified atom stereocenters. The Hall–Kier alpha value is -5.33. The summed E-state index contributed by atoms with van der Waals surface area (Å²) in [6.45, 7) is 0. The van der Waals surface area contributed by atoms with E-state index in [0.29, 0.717) is 39.6 Å². The quantitative estimate of drug-likeness (QED) is 0.193. The van der Waals surface area contributed by atoms with Gasteiger partial charge in [0.2, 0.25) is 17.6 Å². The molecule has 2 heterocycles. The van der Waals surface area contributed by atoms with E-state index in [1.165, 1.54) is 51.7 Å². The maximum absolute atomic E-state index is 13.4.